The van der Waals surface area contributed by atoms with E-state index in [0.29, 0.717) is 17.7 Å². The first-order chi connectivity index (χ1) is 8.38. The van der Waals surface area contributed by atoms with Gasteiger partial charge in [-0.2, -0.15) is 0 Å². The molecule has 1 rings (SSSR count). The third kappa shape index (κ3) is 3.79. The van der Waals surface area contributed by atoms with Gasteiger partial charge in [0.05, 0.1) is 5.56 Å². The van der Waals surface area contributed by atoms with Crippen LogP contribution in [0.4, 0.5) is 0 Å². The van der Waals surface area contributed by atoms with Crippen molar-refractivity contribution in [3.63, 3.8) is 0 Å². The number of thiophene rings is 1. The fourth-order valence-electron chi connectivity index (χ4n) is 1.58. The quantitative estimate of drug-likeness (QED) is 0.780. The predicted molar refractivity (Wildman–Crippen MR) is 72.3 cm³/mol. The molecule has 0 spiro atoms. The molecule has 0 saturated carbocycles. The highest BCUT2D eigenvalue weighted by atomic mass is 32.2. The molecule has 5 nitrogen and oxygen atoms in total. The van der Waals surface area contributed by atoms with Crippen molar-refractivity contribution in [2.75, 3.05) is 6.54 Å². The molecule has 0 aliphatic carbocycles. The van der Waals surface area contributed by atoms with Crippen molar-refractivity contribution >= 4 is 27.3 Å². The summed E-state index contributed by atoms with van der Waals surface area (Å²) in [5.41, 5.74) is 0.816. The zero-order valence-electron chi connectivity index (χ0n) is 10.5. The van der Waals surface area contributed by atoms with Crippen LogP contribution in [0.15, 0.2) is 9.59 Å². The third-order valence-electron chi connectivity index (χ3n) is 2.56. The third-order valence-corrected chi connectivity index (χ3v) is 5.25. The first kappa shape index (κ1) is 15.1. The Morgan fingerprint density at radius 3 is 2.61 bits per heavy atom. The minimum absolute atomic E-state index is 0.0567. The van der Waals surface area contributed by atoms with Crippen LogP contribution in [-0.4, -0.2) is 20.9 Å². The van der Waals surface area contributed by atoms with E-state index in [1.54, 1.807) is 6.92 Å². The van der Waals surface area contributed by atoms with Crippen molar-refractivity contribution in [1.82, 2.24) is 5.32 Å². The standard InChI is InChI=1S/C11H18N2O3S2/c1-3-4-5-6-13-10(14)9-7-17-11(8(9)2)18(12,15)16/h7H,3-6H2,1-2H3,(H,13,14)(H2,12,15,16). The van der Waals surface area contributed by atoms with Gasteiger partial charge < -0.3 is 5.32 Å². The van der Waals surface area contributed by atoms with Crippen molar-refractivity contribution in [3.8, 4) is 0 Å². The molecule has 0 aromatic carbocycles. The molecule has 102 valence electrons. The summed E-state index contributed by atoms with van der Waals surface area (Å²) < 4.78 is 22.5. The Balaban J connectivity index is 2.73. The number of hydrogen-bond acceptors (Lipinski definition) is 4. The molecule has 7 heteroatoms. The van der Waals surface area contributed by atoms with E-state index in [1.807, 2.05) is 0 Å². The van der Waals surface area contributed by atoms with E-state index in [2.05, 4.69) is 12.2 Å². The van der Waals surface area contributed by atoms with Gasteiger partial charge in [0.2, 0.25) is 10.0 Å². The number of hydrogen-bond donors (Lipinski definition) is 2. The minimum Gasteiger partial charge on any atom is -0.352 e. The number of rotatable bonds is 6. The molecule has 0 bridgehead atoms. The van der Waals surface area contributed by atoms with Crippen molar-refractivity contribution < 1.29 is 13.2 Å². The van der Waals surface area contributed by atoms with Gasteiger partial charge in [0.15, 0.2) is 0 Å². The number of primary sulfonamides is 1. The second kappa shape index (κ2) is 6.31. The second-order valence-electron chi connectivity index (χ2n) is 4.07. The average Bonchev–Trinajstić information content (AvgIpc) is 2.66. The first-order valence-corrected chi connectivity index (χ1v) is 8.19. The second-order valence-corrected chi connectivity index (χ2v) is 6.71. The van der Waals surface area contributed by atoms with Crippen LogP contribution in [-0.2, 0) is 10.0 Å². The van der Waals surface area contributed by atoms with Crippen LogP contribution in [0.25, 0.3) is 0 Å². The Hall–Kier alpha value is -0.920. The molecule has 0 atom stereocenters. The average molecular weight is 290 g/mol. The van der Waals surface area contributed by atoms with Crippen LogP contribution in [0.3, 0.4) is 0 Å². The van der Waals surface area contributed by atoms with Gasteiger partial charge in [-0.1, -0.05) is 19.8 Å². The Morgan fingerprint density at radius 1 is 1.44 bits per heavy atom. The lowest BCUT2D eigenvalue weighted by Gasteiger charge is -2.04. The van der Waals surface area contributed by atoms with Gasteiger partial charge in [0, 0.05) is 11.9 Å². The summed E-state index contributed by atoms with van der Waals surface area (Å²) in [4.78, 5) is 11.8. The van der Waals surface area contributed by atoms with Gasteiger partial charge in [0.1, 0.15) is 4.21 Å². The number of unbranched alkanes of at least 4 members (excludes halogenated alkanes) is 2. The van der Waals surface area contributed by atoms with E-state index in [9.17, 15) is 13.2 Å². The highest BCUT2D eigenvalue weighted by Gasteiger charge is 2.20. The van der Waals surface area contributed by atoms with Crippen LogP contribution in [0, 0.1) is 6.92 Å². The summed E-state index contributed by atoms with van der Waals surface area (Å²) in [5.74, 6) is -0.241. The van der Waals surface area contributed by atoms with Gasteiger partial charge in [-0.15, -0.1) is 11.3 Å². The normalized spacial score (nSPS) is 11.5. The number of nitrogens with one attached hydrogen (secondary N) is 1. The number of sulfonamides is 1. The van der Waals surface area contributed by atoms with E-state index in [-0.39, 0.29) is 10.1 Å². The molecule has 1 amide bonds. The van der Waals surface area contributed by atoms with E-state index in [4.69, 9.17) is 5.14 Å². The maximum Gasteiger partial charge on any atom is 0.252 e. The summed E-state index contributed by atoms with van der Waals surface area (Å²) in [5, 5.41) is 9.37. The lowest BCUT2D eigenvalue weighted by molar-refractivity contribution is 0.0952. The Bertz CT molecular complexity index is 520. The van der Waals surface area contributed by atoms with Crippen molar-refractivity contribution in [2.24, 2.45) is 5.14 Å². The first-order valence-electron chi connectivity index (χ1n) is 5.77. The fraction of sp³-hybridized carbons (Fsp3) is 0.545. The van der Waals surface area contributed by atoms with Crippen LogP contribution in [0.5, 0.6) is 0 Å². The van der Waals surface area contributed by atoms with Crippen LogP contribution in [0.1, 0.15) is 42.1 Å². The Morgan fingerprint density at radius 2 is 2.11 bits per heavy atom. The lowest BCUT2D eigenvalue weighted by Crippen LogP contribution is -2.24. The molecule has 18 heavy (non-hydrogen) atoms. The lowest BCUT2D eigenvalue weighted by atomic mass is 10.2. The molecule has 0 aliphatic heterocycles. The molecule has 1 aromatic heterocycles. The molecule has 0 aliphatic rings. The summed E-state index contributed by atoms with van der Waals surface area (Å²) in [6.45, 7) is 4.28. The van der Waals surface area contributed by atoms with Crippen LogP contribution >= 0.6 is 11.3 Å². The Kier molecular flexibility index (Phi) is 5.30. The van der Waals surface area contributed by atoms with Crippen LogP contribution < -0.4 is 10.5 Å². The summed E-state index contributed by atoms with van der Waals surface area (Å²) in [6, 6.07) is 0. The molecule has 3 N–H and O–H groups in total. The van der Waals surface area contributed by atoms with Gasteiger partial charge in [-0.25, -0.2) is 13.6 Å². The highest BCUT2D eigenvalue weighted by Crippen LogP contribution is 2.25. The SMILES string of the molecule is CCCCCNC(=O)c1csc(S(N)(=O)=O)c1C. The summed E-state index contributed by atoms with van der Waals surface area (Å²) in [7, 11) is -3.74. The van der Waals surface area contributed by atoms with E-state index >= 15 is 0 Å². The van der Waals surface area contributed by atoms with Gasteiger partial charge >= 0.3 is 0 Å². The smallest absolute Gasteiger partial charge is 0.252 e. The number of carbonyl (C=O) groups excluding carboxylic acids is 1. The molecule has 1 heterocycles. The summed E-state index contributed by atoms with van der Waals surface area (Å²) in [6.07, 6.45) is 3.07. The van der Waals surface area contributed by atoms with Crippen molar-refractivity contribution in [3.05, 3.63) is 16.5 Å². The number of nitrogens with two attached hydrogens (primary N) is 1. The van der Waals surface area contributed by atoms with Gasteiger partial charge in [0.25, 0.3) is 5.91 Å². The van der Waals surface area contributed by atoms with E-state index in [0.717, 1.165) is 30.6 Å². The fourth-order valence-corrected chi connectivity index (χ4v) is 3.59. The van der Waals surface area contributed by atoms with E-state index in [1.165, 1.54) is 5.38 Å². The van der Waals surface area contributed by atoms with Crippen molar-refractivity contribution in [2.45, 2.75) is 37.3 Å². The minimum atomic E-state index is -3.74. The maximum absolute atomic E-state index is 11.8. The van der Waals surface area contributed by atoms with Gasteiger partial charge in [-0.3, -0.25) is 4.79 Å². The van der Waals surface area contributed by atoms with E-state index < -0.39 is 10.0 Å². The topological polar surface area (TPSA) is 89.3 Å². The Labute approximate surface area is 111 Å². The zero-order valence-corrected chi connectivity index (χ0v) is 12.2. The number of amides is 1. The molecular formula is C11H18N2O3S2. The molecule has 0 radical (unpaired) electrons. The highest BCUT2D eigenvalue weighted by molar-refractivity contribution is 7.91. The molecule has 0 unspecified atom stereocenters. The molecule has 0 fully saturated rings. The predicted octanol–water partition coefficient (Wildman–Crippen LogP) is 1.62. The monoisotopic (exact) mass is 290 g/mol. The van der Waals surface area contributed by atoms with Crippen LogP contribution in [0.2, 0.25) is 0 Å². The van der Waals surface area contributed by atoms with Crippen molar-refractivity contribution in [1.29, 1.82) is 0 Å². The molecule has 1 aromatic rings. The molecule has 0 saturated heterocycles. The number of carbonyl (C=O) groups is 1. The zero-order chi connectivity index (χ0) is 13.8. The summed E-state index contributed by atoms with van der Waals surface area (Å²) >= 11 is 0.981. The molecular weight excluding hydrogens is 272 g/mol. The maximum atomic E-state index is 11.8. The van der Waals surface area contributed by atoms with Gasteiger partial charge in [-0.05, 0) is 18.9 Å². The largest absolute Gasteiger partial charge is 0.352 e.